The van der Waals surface area contributed by atoms with Crippen LogP contribution in [0.1, 0.15) is 31.2 Å². The molecule has 1 heterocycles. The average Bonchev–Trinajstić information content (AvgIpc) is 3.02. The van der Waals surface area contributed by atoms with Gasteiger partial charge in [0.1, 0.15) is 0 Å². The summed E-state index contributed by atoms with van der Waals surface area (Å²) in [4.78, 5) is 15.1. The van der Waals surface area contributed by atoms with Gasteiger partial charge in [-0.05, 0) is 49.5 Å². The quantitative estimate of drug-likeness (QED) is 0.930. The molecule has 4 heteroatoms. The minimum absolute atomic E-state index is 0. The molecular formula is C18H25ClN2O. The fourth-order valence-electron chi connectivity index (χ4n) is 4.41. The van der Waals surface area contributed by atoms with E-state index in [9.17, 15) is 4.79 Å². The molecule has 0 radical (unpaired) electrons. The van der Waals surface area contributed by atoms with Gasteiger partial charge in [0.25, 0.3) is 0 Å². The largest absolute Gasteiger partial charge is 0.342 e. The van der Waals surface area contributed by atoms with Crippen molar-refractivity contribution >= 4 is 18.3 Å². The molecule has 1 aromatic carbocycles. The second-order valence-electron chi connectivity index (χ2n) is 7.32. The molecule has 2 saturated carbocycles. The molecule has 22 heavy (non-hydrogen) atoms. The Morgan fingerprint density at radius 2 is 1.91 bits per heavy atom. The van der Waals surface area contributed by atoms with Crippen LogP contribution in [0.3, 0.4) is 0 Å². The van der Waals surface area contributed by atoms with Gasteiger partial charge in [0.05, 0.1) is 5.41 Å². The van der Waals surface area contributed by atoms with E-state index in [4.69, 9.17) is 5.73 Å². The van der Waals surface area contributed by atoms with Gasteiger partial charge in [-0.1, -0.05) is 30.3 Å². The lowest BCUT2D eigenvalue weighted by atomic mass is 9.95. The van der Waals surface area contributed by atoms with Crippen LogP contribution in [0.2, 0.25) is 0 Å². The molecular weight excluding hydrogens is 296 g/mol. The van der Waals surface area contributed by atoms with E-state index in [1.54, 1.807) is 0 Å². The van der Waals surface area contributed by atoms with Crippen molar-refractivity contribution < 1.29 is 4.79 Å². The van der Waals surface area contributed by atoms with Crippen molar-refractivity contribution in [2.45, 2.75) is 38.1 Å². The van der Waals surface area contributed by atoms with E-state index >= 15 is 0 Å². The van der Waals surface area contributed by atoms with Gasteiger partial charge >= 0.3 is 0 Å². The number of fused-ring (bicyclic) bond motifs is 1. The van der Waals surface area contributed by atoms with E-state index in [2.05, 4.69) is 29.2 Å². The first-order chi connectivity index (χ1) is 10.2. The predicted molar refractivity (Wildman–Crippen MR) is 89.8 cm³/mol. The number of likely N-dealkylation sites (tertiary alicyclic amines) is 1. The summed E-state index contributed by atoms with van der Waals surface area (Å²) in [5, 5.41) is 0. The van der Waals surface area contributed by atoms with Crippen molar-refractivity contribution in [1.82, 2.24) is 4.90 Å². The number of amides is 1. The van der Waals surface area contributed by atoms with E-state index < -0.39 is 0 Å². The lowest BCUT2D eigenvalue weighted by molar-refractivity contribution is -0.136. The third kappa shape index (κ3) is 2.65. The van der Waals surface area contributed by atoms with Gasteiger partial charge < -0.3 is 10.6 Å². The molecule has 120 valence electrons. The molecule has 4 rings (SSSR count). The minimum Gasteiger partial charge on any atom is -0.342 e. The van der Waals surface area contributed by atoms with Crippen molar-refractivity contribution in [1.29, 1.82) is 0 Å². The van der Waals surface area contributed by atoms with Gasteiger partial charge in [-0.3, -0.25) is 4.79 Å². The third-order valence-electron chi connectivity index (χ3n) is 5.89. The number of rotatable bonds is 3. The maximum absolute atomic E-state index is 13.0. The van der Waals surface area contributed by atoms with Crippen molar-refractivity contribution in [3.05, 3.63) is 35.9 Å². The smallest absolute Gasteiger partial charge is 0.229 e. The zero-order valence-electron chi connectivity index (χ0n) is 12.9. The van der Waals surface area contributed by atoms with Crippen LogP contribution in [0.5, 0.6) is 0 Å². The van der Waals surface area contributed by atoms with Crippen LogP contribution in [0.15, 0.2) is 30.3 Å². The van der Waals surface area contributed by atoms with Crippen LogP contribution in [0.4, 0.5) is 0 Å². The number of carbonyl (C=O) groups is 1. The minimum atomic E-state index is -0.0932. The highest BCUT2D eigenvalue weighted by Crippen LogP contribution is 2.51. The van der Waals surface area contributed by atoms with E-state index in [0.29, 0.717) is 23.8 Å². The number of nitrogens with zero attached hydrogens (tertiary/aromatic N) is 1. The number of carbonyl (C=O) groups excluding carboxylic acids is 1. The van der Waals surface area contributed by atoms with Crippen LogP contribution in [-0.4, -0.2) is 29.9 Å². The van der Waals surface area contributed by atoms with Crippen LogP contribution in [-0.2, 0) is 11.2 Å². The fraction of sp³-hybridized carbons (Fsp3) is 0.611. The van der Waals surface area contributed by atoms with Gasteiger partial charge in [-0.25, -0.2) is 0 Å². The standard InChI is InChI=1S/C18H24N2O.ClH/c19-16-7-6-14-11-20(12-15(14)16)17(21)18(8-9-18)10-13-4-2-1-3-5-13;/h1-5,14-16H,6-12,19H2;1H. The zero-order chi connectivity index (χ0) is 14.4. The summed E-state index contributed by atoms with van der Waals surface area (Å²) in [7, 11) is 0. The molecule has 2 aliphatic carbocycles. The summed E-state index contributed by atoms with van der Waals surface area (Å²) >= 11 is 0. The highest BCUT2D eigenvalue weighted by Gasteiger charge is 2.54. The van der Waals surface area contributed by atoms with E-state index in [-0.39, 0.29) is 17.8 Å². The van der Waals surface area contributed by atoms with Crippen molar-refractivity contribution in [2.75, 3.05) is 13.1 Å². The normalized spacial score (nSPS) is 31.5. The maximum atomic E-state index is 13.0. The van der Waals surface area contributed by atoms with Crippen molar-refractivity contribution in [3.8, 4) is 0 Å². The number of benzene rings is 1. The van der Waals surface area contributed by atoms with Crippen LogP contribution in [0, 0.1) is 17.3 Å². The summed E-state index contributed by atoms with van der Waals surface area (Å²) in [6.07, 6.45) is 5.37. The lowest BCUT2D eigenvalue weighted by Crippen LogP contribution is -2.38. The lowest BCUT2D eigenvalue weighted by Gasteiger charge is -2.24. The first kappa shape index (κ1) is 15.8. The SMILES string of the molecule is Cl.NC1CCC2CN(C(=O)C3(Cc4ccccc4)CC3)CC12. The van der Waals surface area contributed by atoms with E-state index in [0.717, 1.165) is 38.8 Å². The van der Waals surface area contributed by atoms with Gasteiger partial charge in [-0.15, -0.1) is 12.4 Å². The number of hydrogen-bond donors (Lipinski definition) is 1. The molecule has 0 aromatic heterocycles. The van der Waals surface area contributed by atoms with E-state index in [1.165, 1.54) is 12.0 Å². The molecule has 2 N–H and O–H groups in total. The van der Waals surface area contributed by atoms with E-state index in [1.807, 2.05) is 6.07 Å². The molecule has 3 unspecified atom stereocenters. The molecule has 0 spiro atoms. The second-order valence-corrected chi connectivity index (χ2v) is 7.32. The molecule has 3 aliphatic rings. The number of halogens is 1. The Morgan fingerprint density at radius 3 is 2.55 bits per heavy atom. The average molecular weight is 321 g/mol. The molecule has 3 nitrogen and oxygen atoms in total. The molecule has 0 bridgehead atoms. The summed E-state index contributed by atoms with van der Waals surface area (Å²) in [5.74, 6) is 1.62. The monoisotopic (exact) mass is 320 g/mol. The topological polar surface area (TPSA) is 46.3 Å². The fourth-order valence-corrected chi connectivity index (χ4v) is 4.41. The Hall–Kier alpha value is -1.06. The van der Waals surface area contributed by atoms with Crippen LogP contribution < -0.4 is 5.73 Å². The summed E-state index contributed by atoms with van der Waals surface area (Å²) in [6.45, 7) is 1.86. The number of nitrogens with two attached hydrogens (primary N) is 1. The Bertz CT molecular complexity index is 543. The van der Waals surface area contributed by atoms with Crippen molar-refractivity contribution in [3.63, 3.8) is 0 Å². The van der Waals surface area contributed by atoms with Gasteiger partial charge in [-0.2, -0.15) is 0 Å². The maximum Gasteiger partial charge on any atom is 0.229 e. The Labute approximate surface area is 138 Å². The number of hydrogen-bond acceptors (Lipinski definition) is 2. The summed E-state index contributed by atoms with van der Waals surface area (Å²) in [5.41, 5.74) is 7.39. The molecule has 1 aliphatic heterocycles. The van der Waals surface area contributed by atoms with Gasteiger partial charge in [0, 0.05) is 19.1 Å². The van der Waals surface area contributed by atoms with Crippen LogP contribution in [0.25, 0.3) is 0 Å². The zero-order valence-corrected chi connectivity index (χ0v) is 13.7. The Balaban J connectivity index is 0.00000144. The molecule has 3 atom stereocenters. The first-order valence-corrected chi connectivity index (χ1v) is 8.27. The summed E-state index contributed by atoms with van der Waals surface area (Å²) < 4.78 is 0. The van der Waals surface area contributed by atoms with Crippen LogP contribution >= 0.6 is 12.4 Å². The highest BCUT2D eigenvalue weighted by molar-refractivity contribution is 5.86. The first-order valence-electron chi connectivity index (χ1n) is 8.27. The molecule has 3 fully saturated rings. The summed E-state index contributed by atoms with van der Waals surface area (Å²) in [6, 6.07) is 10.8. The molecule has 1 saturated heterocycles. The molecule has 1 aromatic rings. The molecule has 1 amide bonds. The van der Waals surface area contributed by atoms with Gasteiger partial charge in [0.2, 0.25) is 5.91 Å². The van der Waals surface area contributed by atoms with Gasteiger partial charge in [0.15, 0.2) is 0 Å². The Kier molecular flexibility index (Phi) is 4.21. The predicted octanol–water partition coefficient (Wildman–Crippen LogP) is 2.63. The Morgan fingerprint density at radius 1 is 1.18 bits per heavy atom. The van der Waals surface area contributed by atoms with Crippen molar-refractivity contribution in [2.24, 2.45) is 23.0 Å². The third-order valence-corrected chi connectivity index (χ3v) is 5.89. The second kappa shape index (κ2) is 5.86. The highest BCUT2D eigenvalue weighted by atomic mass is 35.5.